The van der Waals surface area contributed by atoms with E-state index in [9.17, 15) is 0 Å². The van der Waals surface area contributed by atoms with E-state index < -0.39 is 0 Å². The van der Waals surface area contributed by atoms with Gasteiger partial charge in [-0.25, -0.2) is 0 Å². The van der Waals surface area contributed by atoms with E-state index in [1.807, 2.05) is 6.21 Å². The molecule has 150 valence electrons. The van der Waals surface area contributed by atoms with Crippen molar-refractivity contribution in [3.05, 3.63) is 59.2 Å². The minimum atomic E-state index is 0.218. The van der Waals surface area contributed by atoms with Crippen molar-refractivity contribution in [1.82, 2.24) is 0 Å². The Morgan fingerprint density at radius 2 is 1.86 bits per heavy atom. The lowest BCUT2D eigenvalue weighted by Gasteiger charge is -2.47. The maximum atomic E-state index is 4.72. The summed E-state index contributed by atoms with van der Waals surface area (Å²) in [5.74, 6) is 1.18. The summed E-state index contributed by atoms with van der Waals surface area (Å²) in [7, 11) is 0. The molecule has 2 aromatic rings. The zero-order chi connectivity index (χ0) is 20.3. The number of fused-ring (bicyclic) bond motifs is 1. The molecule has 28 heavy (non-hydrogen) atoms. The fraction of sp³-hybridized carbons (Fsp3) is 0.500. The van der Waals surface area contributed by atoms with Crippen molar-refractivity contribution in [3.8, 4) is 0 Å². The second kappa shape index (κ2) is 8.51. The predicted molar refractivity (Wildman–Crippen MR) is 124 cm³/mol. The van der Waals surface area contributed by atoms with Gasteiger partial charge < -0.3 is 4.90 Å². The number of aliphatic imine (C=N–C) groups is 1. The maximum Gasteiger partial charge on any atom is 0.0630 e. The molecule has 1 aliphatic rings. The molecule has 0 amide bonds. The third-order valence-corrected chi connectivity index (χ3v) is 6.29. The highest BCUT2D eigenvalue weighted by atomic mass is 15.2. The lowest BCUT2D eigenvalue weighted by atomic mass is 9.79. The van der Waals surface area contributed by atoms with Gasteiger partial charge in [-0.05, 0) is 85.9 Å². The SMILES string of the molecule is CCCN1c2ccc(C=Nc3ccc(C(C)CC)cc3)cc2C(C)CC1(C)C. The first-order valence-corrected chi connectivity index (χ1v) is 10.9. The first kappa shape index (κ1) is 20.6. The van der Waals surface area contributed by atoms with Crippen molar-refractivity contribution in [2.75, 3.05) is 11.4 Å². The Hall–Kier alpha value is -2.09. The normalized spacial score (nSPS) is 19.6. The Balaban J connectivity index is 1.83. The molecule has 0 saturated heterocycles. The number of hydrogen-bond acceptors (Lipinski definition) is 2. The van der Waals surface area contributed by atoms with Crippen LogP contribution in [0.4, 0.5) is 11.4 Å². The van der Waals surface area contributed by atoms with Gasteiger partial charge in [-0.3, -0.25) is 4.99 Å². The van der Waals surface area contributed by atoms with E-state index in [0.29, 0.717) is 11.8 Å². The average molecular weight is 377 g/mol. The van der Waals surface area contributed by atoms with Gasteiger partial charge in [0.1, 0.15) is 0 Å². The second-order valence-electron chi connectivity index (χ2n) is 9.05. The van der Waals surface area contributed by atoms with Crippen LogP contribution in [0.15, 0.2) is 47.5 Å². The summed E-state index contributed by atoms with van der Waals surface area (Å²) in [6.45, 7) is 15.0. The van der Waals surface area contributed by atoms with E-state index >= 15 is 0 Å². The van der Waals surface area contributed by atoms with Crippen LogP contribution < -0.4 is 4.90 Å². The number of rotatable bonds is 6. The molecular weight excluding hydrogens is 340 g/mol. The highest BCUT2D eigenvalue weighted by Crippen LogP contribution is 2.43. The molecule has 2 aromatic carbocycles. The van der Waals surface area contributed by atoms with Crippen molar-refractivity contribution >= 4 is 17.6 Å². The van der Waals surface area contributed by atoms with Gasteiger partial charge in [-0.2, -0.15) is 0 Å². The van der Waals surface area contributed by atoms with Gasteiger partial charge in [0, 0.05) is 24.0 Å². The molecule has 0 radical (unpaired) electrons. The number of anilines is 1. The maximum absolute atomic E-state index is 4.72. The van der Waals surface area contributed by atoms with E-state index in [-0.39, 0.29) is 5.54 Å². The Bertz CT molecular complexity index is 817. The van der Waals surface area contributed by atoms with Crippen LogP contribution in [0.25, 0.3) is 0 Å². The molecule has 0 bridgehead atoms. The largest absolute Gasteiger partial charge is 0.366 e. The van der Waals surface area contributed by atoms with Crippen molar-refractivity contribution in [1.29, 1.82) is 0 Å². The van der Waals surface area contributed by atoms with Gasteiger partial charge in [0.2, 0.25) is 0 Å². The Morgan fingerprint density at radius 3 is 2.50 bits per heavy atom. The zero-order valence-electron chi connectivity index (χ0n) is 18.5. The van der Waals surface area contributed by atoms with Crippen LogP contribution in [-0.4, -0.2) is 18.3 Å². The van der Waals surface area contributed by atoms with E-state index in [2.05, 4.69) is 88.9 Å². The van der Waals surface area contributed by atoms with Crippen molar-refractivity contribution in [2.24, 2.45) is 4.99 Å². The molecule has 2 nitrogen and oxygen atoms in total. The molecule has 0 N–H and O–H groups in total. The standard InChI is InChI=1S/C26H36N2/c1-7-15-28-25-14-9-21(16-24(25)20(4)17-26(28,5)6)18-27-23-12-10-22(11-13-23)19(3)8-2/h9-14,16,18-20H,7-8,15,17H2,1-6H3. The average Bonchev–Trinajstić information content (AvgIpc) is 2.69. The summed E-state index contributed by atoms with van der Waals surface area (Å²) in [4.78, 5) is 7.32. The minimum absolute atomic E-state index is 0.218. The Morgan fingerprint density at radius 1 is 1.14 bits per heavy atom. The lowest BCUT2D eigenvalue weighted by molar-refractivity contribution is 0.376. The summed E-state index contributed by atoms with van der Waals surface area (Å²) in [5, 5.41) is 0. The van der Waals surface area contributed by atoms with Gasteiger partial charge in [0.05, 0.1) is 5.69 Å². The van der Waals surface area contributed by atoms with Gasteiger partial charge in [0.25, 0.3) is 0 Å². The van der Waals surface area contributed by atoms with Gasteiger partial charge >= 0.3 is 0 Å². The molecule has 2 heteroatoms. The molecule has 1 heterocycles. The molecule has 1 aliphatic heterocycles. The number of nitrogens with zero attached hydrogens (tertiary/aromatic N) is 2. The fourth-order valence-corrected chi connectivity index (χ4v) is 4.51. The quantitative estimate of drug-likeness (QED) is 0.478. The summed E-state index contributed by atoms with van der Waals surface area (Å²) in [6, 6.07) is 15.5. The van der Waals surface area contributed by atoms with Gasteiger partial charge in [0.15, 0.2) is 0 Å². The molecule has 0 spiro atoms. The van der Waals surface area contributed by atoms with Crippen LogP contribution >= 0.6 is 0 Å². The molecule has 0 aromatic heterocycles. The Kier molecular flexibility index (Phi) is 6.27. The van der Waals surface area contributed by atoms with Crippen LogP contribution in [0.5, 0.6) is 0 Å². The molecule has 0 fully saturated rings. The lowest BCUT2D eigenvalue weighted by Crippen LogP contribution is -2.48. The van der Waals surface area contributed by atoms with Gasteiger partial charge in [-0.1, -0.05) is 45.9 Å². The third kappa shape index (κ3) is 4.32. The first-order chi connectivity index (χ1) is 13.4. The predicted octanol–water partition coefficient (Wildman–Crippen LogP) is 7.45. The van der Waals surface area contributed by atoms with E-state index in [1.165, 1.54) is 41.6 Å². The van der Waals surface area contributed by atoms with Crippen LogP contribution in [0.2, 0.25) is 0 Å². The first-order valence-electron chi connectivity index (χ1n) is 10.9. The highest BCUT2D eigenvalue weighted by molar-refractivity contribution is 5.83. The summed E-state index contributed by atoms with van der Waals surface area (Å²) in [5.41, 5.74) is 6.68. The molecule has 2 atom stereocenters. The summed E-state index contributed by atoms with van der Waals surface area (Å²) >= 11 is 0. The summed E-state index contributed by atoms with van der Waals surface area (Å²) < 4.78 is 0. The van der Waals surface area contributed by atoms with E-state index in [0.717, 1.165) is 12.2 Å². The molecule has 2 unspecified atom stereocenters. The van der Waals surface area contributed by atoms with Crippen LogP contribution in [0.1, 0.15) is 89.3 Å². The number of benzene rings is 2. The second-order valence-corrected chi connectivity index (χ2v) is 9.05. The van der Waals surface area contributed by atoms with E-state index in [1.54, 1.807) is 0 Å². The van der Waals surface area contributed by atoms with Crippen molar-refractivity contribution in [3.63, 3.8) is 0 Å². The van der Waals surface area contributed by atoms with Crippen LogP contribution in [0.3, 0.4) is 0 Å². The van der Waals surface area contributed by atoms with Crippen LogP contribution in [0, 0.1) is 0 Å². The van der Waals surface area contributed by atoms with Crippen molar-refractivity contribution in [2.45, 2.75) is 78.2 Å². The topological polar surface area (TPSA) is 15.6 Å². The Labute approximate surface area is 171 Å². The smallest absolute Gasteiger partial charge is 0.0630 e. The molecular formula is C26H36N2. The summed E-state index contributed by atoms with van der Waals surface area (Å²) in [6.07, 6.45) is 5.54. The van der Waals surface area contributed by atoms with E-state index in [4.69, 9.17) is 4.99 Å². The molecule has 0 saturated carbocycles. The minimum Gasteiger partial charge on any atom is -0.366 e. The zero-order valence-corrected chi connectivity index (χ0v) is 18.5. The third-order valence-electron chi connectivity index (χ3n) is 6.29. The monoisotopic (exact) mass is 376 g/mol. The molecule has 0 aliphatic carbocycles. The van der Waals surface area contributed by atoms with Crippen LogP contribution in [-0.2, 0) is 0 Å². The fourth-order valence-electron chi connectivity index (χ4n) is 4.51. The number of hydrogen-bond donors (Lipinski definition) is 0. The van der Waals surface area contributed by atoms with Gasteiger partial charge in [-0.15, -0.1) is 0 Å². The molecule has 3 rings (SSSR count). The highest BCUT2D eigenvalue weighted by Gasteiger charge is 2.35. The van der Waals surface area contributed by atoms with Crippen molar-refractivity contribution < 1.29 is 0 Å².